The number of ether oxygens (including phenoxy) is 1. The molecule has 0 aliphatic rings. The smallest absolute Gasteiger partial charge is 0.293 e. The fourth-order valence-electron chi connectivity index (χ4n) is 2.54. The molecule has 0 atom stereocenters. The molecular weight excluding hydrogens is 354 g/mol. The van der Waals surface area contributed by atoms with Crippen molar-refractivity contribution >= 4 is 11.6 Å². The maximum Gasteiger partial charge on any atom is 0.293 e. The first-order valence-corrected chi connectivity index (χ1v) is 9.12. The highest BCUT2D eigenvalue weighted by Gasteiger charge is 2.07. The molecule has 28 heavy (non-hydrogen) atoms. The van der Waals surface area contributed by atoms with Crippen LogP contribution in [0.15, 0.2) is 72.9 Å². The summed E-state index contributed by atoms with van der Waals surface area (Å²) < 4.78 is 5.87. The molecule has 6 heteroatoms. The highest BCUT2D eigenvalue weighted by atomic mass is 16.6. The zero-order valence-corrected chi connectivity index (χ0v) is 15.7. The summed E-state index contributed by atoms with van der Waals surface area (Å²) in [6, 6.07) is 21.5. The van der Waals surface area contributed by atoms with Crippen molar-refractivity contribution in [1.29, 1.82) is 0 Å². The zero-order chi connectivity index (χ0) is 19.6. The van der Waals surface area contributed by atoms with Crippen LogP contribution in [0.4, 0.5) is 5.69 Å². The number of carbonyl (C=O) groups is 1. The second kappa shape index (κ2) is 10.1. The van der Waals surface area contributed by atoms with Gasteiger partial charge in [-0.05, 0) is 42.3 Å². The lowest BCUT2D eigenvalue weighted by atomic mass is 10.2. The van der Waals surface area contributed by atoms with Gasteiger partial charge in [-0.25, -0.2) is 5.48 Å². The van der Waals surface area contributed by atoms with Gasteiger partial charge in [0.2, 0.25) is 0 Å². The van der Waals surface area contributed by atoms with Gasteiger partial charge in [0.25, 0.3) is 5.91 Å². The van der Waals surface area contributed by atoms with Crippen LogP contribution in [0.5, 0.6) is 5.75 Å². The van der Waals surface area contributed by atoms with Crippen molar-refractivity contribution in [2.75, 3.05) is 11.9 Å². The third-order valence-electron chi connectivity index (χ3n) is 3.95. The first-order chi connectivity index (χ1) is 13.7. The Bertz CT molecular complexity index is 900. The van der Waals surface area contributed by atoms with E-state index in [0.29, 0.717) is 25.5 Å². The molecular formula is C22H23N3O3. The highest BCUT2D eigenvalue weighted by Crippen LogP contribution is 2.17. The molecule has 0 fully saturated rings. The zero-order valence-electron chi connectivity index (χ0n) is 15.7. The van der Waals surface area contributed by atoms with Crippen LogP contribution in [-0.2, 0) is 18.0 Å². The predicted octanol–water partition coefficient (Wildman–Crippen LogP) is 3.95. The summed E-state index contributed by atoms with van der Waals surface area (Å²) in [7, 11) is 0. The largest absolute Gasteiger partial charge is 0.489 e. The van der Waals surface area contributed by atoms with Crippen LogP contribution in [0.1, 0.15) is 28.5 Å². The maximum absolute atomic E-state index is 11.9. The number of rotatable bonds is 9. The summed E-state index contributed by atoms with van der Waals surface area (Å²) >= 11 is 0. The molecule has 6 nitrogen and oxygen atoms in total. The van der Waals surface area contributed by atoms with Gasteiger partial charge >= 0.3 is 0 Å². The first kappa shape index (κ1) is 19.4. The summed E-state index contributed by atoms with van der Waals surface area (Å²) in [5.41, 5.74) is 5.62. The van der Waals surface area contributed by atoms with Crippen LogP contribution in [0.25, 0.3) is 0 Å². The summed E-state index contributed by atoms with van der Waals surface area (Å²) in [4.78, 5) is 20.9. The molecule has 0 saturated carbocycles. The lowest BCUT2D eigenvalue weighted by Gasteiger charge is -2.10. The molecule has 0 radical (unpaired) electrons. The van der Waals surface area contributed by atoms with E-state index in [0.717, 1.165) is 22.6 Å². The van der Waals surface area contributed by atoms with Gasteiger partial charge < -0.3 is 10.1 Å². The van der Waals surface area contributed by atoms with Crippen LogP contribution < -0.4 is 15.5 Å². The van der Waals surface area contributed by atoms with Gasteiger partial charge in [0, 0.05) is 18.4 Å². The van der Waals surface area contributed by atoms with Gasteiger partial charge in [0.1, 0.15) is 18.1 Å². The van der Waals surface area contributed by atoms with Crippen LogP contribution in [0.3, 0.4) is 0 Å². The summed E-state index contributed by atoms with van der Waals surface area (Å²) in [6.45, 7) is 3.31. The summed E-state index contributed by atoms with van der Waals surface area (Å²) in [5, 5.41) is 3.30. The Morgan fingerprint density at radius 1 is 1.00 bits per heavy atom. The minimum Gasteiger partial charge on any atom is -0.489 e. The van der Waals surface area contributed by atoms with Crippen molar-refractivity contribution in [1.82, 2.24) is 10.5 Å². The third-order valence-corrected chi connectivity index (χ3v) is 3.95. The normalized spacial score (nSPS) is 10.3. The van der Waals surface area contributed by atoms with Gasteiger partial charge in [-0.3, -0.25) is 14.6 Å². The molecule has 144 valence electrons. The second-order valence-corrected chi connectivity index (χ2v) is 6.07. The molecule has 0 spiro atoms. The molecule has 0 aliphatic carbocycles. The Balaban J connectivity index is 1.56. The van der Waals surface area contributed by atoms with E-state index >= 15 is 0 Å². The second-order valence-electron chi connectivity index (χ2n) is 6.07. The van der Waals surface area contributed by atoms with E-state index in [1.807, 2.05) is 60.7 Å². The SMILES string of the molecule is CCONC(=O)c1cc(NCc2cccc(OCc3ccccc3)c2)ccn1. The number of hydroxylamine groups is 1. The third kappa shape index (κ3) is 5.82. The maximum atomic E-state index is 11.9. The Kier molecular flexibility index (Phi) is 6.98. The van der Waals surface area contributed by atoms with Gasteiger partial charge in [-0.1, -0.05) is 42.5 Å². The molecule has 0 unspecified atom stereocenters. The molecule has 1 heterocycles. The number of hydrogen-bond acceptors (Lipinski definition) is 5. The molecule has 0 saturated heterocycles. The Hall–Kier alpha value is -3.38. The fourth-order valence-corrected chi connectivity index (χ4v) is 2.54. The number of nitrogens with one attached hydrogen (secondary N) is 2. The first-order valence-electron chi connectivity index (χ1n) is 9.12. The molecule has 1 amide bonds. The molecule has 3 aromatic rings. The Labute approximate surface area is 164 Å². The van der Waals surface area contributed by atoms with Crippen molar-refractivity contribution in [3.8, 4) is 5.75 Å². The van der Waals surface area contributed by atoms with E-state index < -0.39 is 0 Å². The number of amides is 1. The summed E-state index contributed by atoms with van der Waals surface area (Å²) in [6.07, 6.45) is 1.59. The minimum atomic E-state index is -0.373. The number of benzene rings is 2. The van der Waals surface area contributed by atoms with E-state index in [1.165, 1.54) is 0 Å². The van der Waals surface area contributed by atoms with Gasteiger partial charge in [-0.15, -0.1) is 0 Å². The van der Waals surface area contributed by atoms with Gasteiger partial charge in [-0.2, -0.15) is 0 Å². The number of hydrogen-bond donors (Lipinski definition) is 2. The minimum absolute atomic E-state index is 0.290. The van der Waals surface area contributed by atoms with Crippen molar-refractivity contribution < 1.29 is 14.4 Å². The van der Waals surface area contributed by atoms with Crippen LogP contribution in [0.2, 0.25) is 0 Å². The van der Waals surface area contributed by atoms with Gasteiger partial charge in [0.05, 0.1) is 6.61 Å². The van der Waals surface area contributed by atoms with Crippen molar-refractivity contribution in [2.45, 2.75) is 20.1 Å². The molecule has 0 bridgehead atoms. The average Bonchev–Trinajstić information content (AvgIpc) is 2.76. The molecule has 2 N–H and O–H groups in total. The lowest BCUT2D eigenvalue weighted by Crippen LogP contribution is -2.24. The average molecular weight is 377 g/mol. The molecule has 0 aliphatic heterocycles. The number of pyridine rings is 1. The Morgan fingerprint density at radius 3 is 2.64 bits per heavy atom. The van der Waals surface area contributed by atoms with Crippen LogP contribution in [-0.4, -0.2) is 17.5 Å². The molecule has 2 aromatic carbocycles. The number of aromatic nitrogens is 1. The van der Waals surface area contributed by atoms with Crippen LogP contribution in [0, 0.1) is 0 Å². The Morgan fingerprint density at radius 2 is 1.82 bits per heavy atom. The number of nitrogens with zero attached hydrogens (tertiary/aromatic N) is 1. The van der Waals surface area contributed by atoms with E-state index in [1.54, 1.807) is 19.2 Å². The highest BCUT2D eigenvalue weighted by molar-refractivity contribution is 5.92. The molecule has 3 rings (SSSR count). The quantitative estimate of drug-likeness (QED) is 0.553. The van der Waals surface area contributed by atoms with Crippen molar-refractivity contribution in [2.24, 2.45) is 0 Å². The van der Waals surface area contributed by atoms with Crippen molar-refractivity contribution in [3.63, 3.8) is 0 Å². The van der Waals surface area contributed by atoms with E-state index in [-0.39, 0.29) is 5.91 Å². The van der Waals surface area contributed by atoms with E-state index in [9.17, 15) is 4.79 Å². The fraction of sp³-hybridized carbons (Fsp3) is 0.182. The number of anilines is 1. The van der Waals surface area contributed by atoms with E-state index in [4.69, 9.17) is 9.57 Å². The monoisotopic (exact) mass is 377 g/mol. The van der Waals surface area contributed by atoms with Crippen LogP contribution >= 0.6 is 0 Å². The summed E-state index contributed by atoms with van der Waals surface area (Å²) in [5.74, 6) is 0.441. The van der Waals surface area contributed by atoms with E-state index in [2.05, 4.69) is 15.8 Å². The standard InChI is InChI=1S/C22H23N3O3/c1-2-28-25-22(26)21-14-19(11-12-23-21)24-15-18-9-6-10-20(13-18)27-16-17-7-4-3-5-8-17/h3-14H,2,15-16H2,1H3,(H,23,24)(H,25,26). The predicted molar refractivity (Wildman–Crippen MR) is 108 cm³/mol. The van der Waals surface area contributed by atoms with Gasteiger partial charge in [0.15, 0.2) is 0 Å². The number of carbonyl (C=O) groups excluding carboxylic acids is 1. The lowest BCUT2D eigenvalue weighted by molar-refractivity contribution is 0.0360. The molecule has 1 aromatic heterocycles. The topological polar surface area (TPSA) is 72.5 Å². The van der Waals surface area contributed by atoms with Crippen molar-refractivity contribution in [3.05, 3.63) is 89.7 Å².